The summed E-state index contributed by atoms with van der Waals surface area (Å²) in [5, 5.41) is 6.03. The highest BCUT2D eigenvalue weighted by Gasteiger charge is 2.41. The molecule has 0 radical (unpaired) electrons. The largest absolute Gasteiger partial charge is 0.489 e. The van der Waals surface area contributed by atoms with E-state index in [9.17, 15) is 0 Å². The van der Waals surface area contributed by atoms with Crippen LogP contribution in [0.15, 0.2) is 59.3 Å². The molecule has 0 spiro atoms. The number of rotatable bonds is 7. The lowest BCUT2D eigenvalue weighted by Crippen LogP contribution is -2.00. The molecule has 8 heteroatoms. The summed E-state index contributed by atoms with van der Waals surface area (Å²) in [6.45, 7) is 7.33. The fourth-order valence-electron chi connectivity index (χ4n) is 4.69. The van der Waals surface area contributed by atoms with Crippen LogP contribution in [0.5, 0.6) is 5.75 Å². The Hall–Kier alpha value is -3.04. The second kappa shape index (κ2) is 9.44. The van der Waals surface area contributed by atoms with Crippen molar-refractivity contribution in [2.75, 3.05) is 0 Å². The lowest BCUT2D eigenvalue weighted by atomic mass is 10.0. The molecular weight excluding hydrogens is 517 g/mol. The van der Waals surface area contributed by atoms with Crippen molar-refractivity contribution >= 4 is 40.6 Å². The van der Waals surface area contributed by atoms with E-state index in [1.54, 1.807) is 30.5 Å². The Morgan fingerprint density at radius 1 is 1.00 bits per heavy atom. The molecule has 2 fully saturated rings. The Morgan fingerprint density at radius 2 is 1.81 bits per heavy atom. The molecule has 2 unspecified atom stereocenters. The minimum absolute atomic E-state index is 0.271. The number of hydrogen-bond donors (Lipinski definition) is 0. The summed E-state index contributed by atoms with van der Waals surface area (Å²) in [7, 11) is 0. The molecule has 0 amide bonds. The van der Waals surface area contributed by atoms with E-state index in [2.05, 4.69) is 15.0 Å². The molecule has 2 atom stereocenters. The highest BCUT2D eigenvalue weighted by atomic mass is 35.5. The summed E-state index contributed by atoms with van der Waals surface area (Å²) in [6, 6.07) is 15.0. The Morgan fingerprint density at radius 3 is 2.47 bits per heavy atom. The topological polar surface area (TPSA) is 52.5 Å². The molecule has 2 heterocycles. The molecule has 0 aliphatic heterocycles. The van der Waals surface area contributed by atoms with Crippen molar-refractivity contribution < 1.29 is 9.26 Å². The van der Waals surface area contributed by atoms with Gasteiger partial charge < -0.3 is 14.1 Å². The van der Waals surface area contributed by atoms with Crippen LogP contribution in [0.25, 0.3) is 16.1 Å². The Labute approximate surface area is 223 Å². The van der Waals surface area contributed by atoms with Crippen molar-refractivity contribution in [3.05, 3.63) is 104 Å². The number of pyridine rings is 1. The van der Waals surface area contributed by atoms with Gasteiger partial charge in [-0.2, -0.15) is 0 Å². The second-order valence-electron chi connectivity index (χ2n) is 9.23. The molecule has 2 saturated carbocycles. The third kappa shape index (κ3) is 4.46. The van der Waals surface area contributed by atoms with Crippen molar-refractivity contribution in [1.82, 2.24) is 10.1 Å². The van der Waals surface area contributed by atoms with E-state index in [1.165, 1.54) is 0 Å². The number of ether oxygens (including phenoxy) is 1. The second-order valence-corrected chi connectivity index (χ2v) is 10.4. The van der Waals surface area contributed by atoms with E-state index in [0.717, 1.165) is 41.7 Å². The Bertz CT molecular complexity index is 1470. The molecule has 180 valence electrons. The molecular formula is C28H20Cl3N3O2. The smallest absolute Gasteiger partial charge is 0.269 e. The first-order chi connectivity index (χ1) is 17.5. The number of halogens is 3. The van der Waals surface area contributed by atoms with E-state index in [1.807, 2.05) is 24.3 Å². The van der Waals surface area contributed by atoms with Gasteiger partial charge in [0.15, 0.2) is 0 Å². The molecule has 5 nitrogen and oxygen atoms in total. The first kappa shape index (κ1) is 23.4. The molecule has 2 aliphatic rings. The maximum Gasteiger partial charge on any atom is 0.269 e. The van der Waals surface area contributed by atoms with E-state index < -0.39 is 0 Å². The van der Waals surface area contributed by atoms with Gasteiger partial charge in [0.2, 0.25) is 0 Å². The molecule has 2 aromatic carbocycles. The highest BCUT2D eigenvalue weighted by molar-refractivity contribution is 6.39. The Balaban J connectivity index is 1.21. The maximum atomic E-state index is 7.06. The molecule has 4 aromatic rings. The third-order valence-corrected chi connectivity index (χ3v) is 7.78. The quantitative estimate of drug-likeness (QED) is 0.221. The zero-order valence-electron chi connectivity index (χ0n) is 19.0. The van der Waals surface area contributed by atoms with Crippen LogP contribution in [-0.2, 0) is 6.61 Å². The van der Waals surface area contributed by atoms with E-state index in [4.69, 9.17) is 50.6 Å². The van der Waals surface area contributed by atoms with E-state index in [0.29, 0.717) is 55.6 Å². The predicted octanol–water partition coefficient (Wildman–Crippen LogP) is 8.98. The molecule has 36 heavy (non-hydrogen) atoms. The van der Waals surface area contributed by atoms with Gasteiger partial charge in [0.1, 0.15) is 30.0 Å². The van der Waals surface area contributed by atoms with Crippen LogP contribution in [0, 0.1) is 6.57 Å². The van der Waals surface area contributed by atoms with Crippen LogP contribution >= 0.6 is 34.8 Å². The first-order valence-electron chi connectivity index (χ1n) is 11.7. The lowest BCUT2D eigenvalue weighted by Gasteiger charge is -2.11. The van der Waals surface area contributed by atoms with Gasteiger partial charge in [0, 0.05) is 16.5 Å². The van der Waals surface area contributed by atoms with Gasteiger partial charge in [-0.1, -0.05) is 64.7 Å². The van der Waals surface area contributed by atoms with Crippen LogP contribution in [0.2, 0.25) is 15.1 Å². The third-order valence-electron chi connectivity index (χ3n) is 6.82. The zero-order chi connectivity index (χ0) is 24.8. The first-order valence-corrected chi connectivity index (χ1v) is 12.9. The average Bonchev–Trinajstić information content (AvgIpc) is 3.81. The minimum Gasteiger partial charge on any atom is -0.489 e. The van der Waals surface area contributed by atoms with Crippen LogP contribution in [0.1, 0.15) is 59.5 Å². The normalized spacial score (nSPS) is 18.6. The van der Waals surface area contributed by atoms with E-state index in [-0.39, 0.29) is 6.61 Å². The van der Waals surface area contributed by atoms with E-state index >= 15 is 0 Å². The number of benzene rings is 2. The van der Waals surface area contributed by atoms with Crippen molar-refractivity contribution in [3.63, 3.8) is 0 Å². The van der Waals surface area contributed by atoms with Crippen LogP contribution in [0.4, 0.5) is 5.82 Å². The van der Waals surface area contributed by atoms with Crippen molar-refractivity contribution in [2.45, 2.75) is 43.6 Å². The lowest BCUT2D eigenvalue weighted by molar-refractivity contribution is 0.300. The fraction of sp³-hybridized carbons (Fsp3) is 0.250. The van der Waals surface area contributed by atoms with Gasteiger partial charge in [-0.3, -0.25) is 0 Å². The zero-order valence-corrected chi connectivity index (χ0v) is 21.3. The summed E-state index contributed by atoms with van der Waals surface area (Å²) >= 11 is 19.6. The van der Waals surface area contributed by atoms with Crippen molar-refractivity contribution in [3.8, 4) is 17.0 Å². The van der Waals surface area contributed by atoms with Gasteiger partial charge in [-0.25, -0.2) is 0 Å². The average molecular weight is 537 g/mol. The summed E-state index contributed by atoms with van der Waals surface area (Å²) in [5.41, 5.74) is 4.37. The minimum atomic E-state index is 0.271. The highest BCUT2D eigenvalue weighted by Crippen LogP contribution is 2.56. The van der Waals surface area contributed by atoms with Gasteiger partial charge in [0.05, 0.1) is 15.6 Å². The molecule has 2 aliphatic carbocycles. The molecule has 0 bridgehead atoms. The molecule has 0 saturated heterocycles. The van der Waals surface area contributed by atoms with Crippen molar-refractivity contribution in [2.24, 2.45) is 0 Å². The van der Waals surface area contributed by atoms with Crippen LogP contribution < -0.4 is 4.74 Å². The van der Waals surface area contributed by atoms with Gasteiger partial charge >= 0.3 is 0 Å². The van der Waals surface area contributed by atoms with Gasteiger partial charge in [-0.05, 0) is 72.6 Å². The predicted molar refractivity (Wildman–Crippen MR) is 140 cm³/mol. The molecule has 6 rings (SSSR count). The Kier molecular flexibility index (Phi) is 6.13. The molecule has 0 N–H and O–H groups in total. The number of nitrogens with zero attached hydrogens (tertiary/aromatic N) is 3. The van der Waals surface area contributed by atoms with Crippen molar-refractivity contribution in [1.29, 1.82) is 0 Å². The number of hydrogen-bond acceptors (Lipinski definition) is 4. The standard InChI is InChI=1S/C28H20Cl3N3O2/c1-32-25-10-7-16(13-33-25)19-12-20(19)18-9-8-17(11-24(18)31)35-14-21-27(34-36-28(21)15-5-6-15)26-22(29)3-2-4-23(26)30/h2-4,7-11,13,15,19-20H,5-6,12,14H2. The monoisotopic (exact) mass is 535 g/mol. The fourth-order valence-corrected chi connectivity index (χ4v) is 5.58. The summed E-state index contributed by atoms with van der Waals surface area (Å²) in [4.78, 5) is 7.56. The van der Waals surface area contributed by atoms with Gasteiger partial charge in [0.25, 0.3) is 5.82 Å². The summed E-state index contributed by atoms with van der Waals surface area (Å²) < 4.78 is 11.9. The SMILES string of the molecule is [C-]#[N+]c1ccc(C2CC2c2ccc(OCc3c(-c4c(Cl)cccc4Cl)noc3C3CC3)cc2Cl)cn1. The number of aromatic nitrogens is 2. The van der Waals surface area contributed by atoms with Crippen LogP contribution in [0.3, 0.4) is 0 Å². The summed E-state index contributed by atoms with van der Waals surface area (Å²) in [5.74, 6) is 2.96. The summed E-state index contributed by atoms with van der Waals surface area (Å²) in [6.07, 6.45) is 4.93. The molecule has 2 aromatic heterocycles. The van der Waals surface area contributed by atoms with Gasteiger partial charge in [-0.15, -0.1) is 4.98 Å². The maximum absolute atomic E-state index is 7.06. The van der Waals surface area contributed by atoms with Crippen LogP contribution in [-0.4, -0.2) is 10.1 Å².